The fourth-order valence-electron chi connectivity index (χ4n) is 2.47. The highest BCUT2D eigenvalue weighted by atomic mass is 79.9. The first kappa shape index (κ1) is 18.0. The van der Waals surface area contributed by atoms with E-state index in [4.69, 9.17) is 13.9 Å². The van der Waals surface area contributed by atoms with Crippen LogP contribution in [0.25, 0.3) is 0 Å². The minimum absolute atomic E-state index is 0.129. The molecule has 1 aromatic rings. The molecule has 0 aliphatic carbocycles. The third-order valence-electron chi connectivity index (χ3n) is 3.41. The first-order valence-electron chi connectivity index (χ1n) is 7.55. The molecular formula is C16H22BrNO5. The molecule has 1 amide bonds. The first-order valence-corrected chi connectivity index (χ1v) is 8.34. The van der Waals surface area contributed by atoms with Crippen LogP contribution < -0.4 is 0 Å². The summed E-state index contributed by atoms with van der Waals surface area (Å²) in [6.07, 6.45) is -0.296. The molecule has 0 bridgehead atoms. The molecule has 1 aliphatic rings. The number of hydrogen-bond donors (Lipinski definition) is 0. The van der Waals surface area contributed by atoms with Crippen LogP contribution in [0.15, 0.2) is 21.2 Å². The van der Waals surface area contributed by atoms with Gasteiger partial charge in [-0.25, -0.2) is 4.79 Å². The SMILES string of the molecule is CC1COCC(CC(=O)c2ccc(Br)o2)N1C(=O)OC(C)(C)C. The summed E-state index contributed by atoms with van der Waals surface area (Å²) in [7, 11) is 0. The van der Waals surface area contributed by atoms with E-state index < -0.39 is 11.7 Å². The van der Waals surface area contributed by atoms with Crippen molar-refractivity contribution < 1.29 is 23.5 Å². The minimum Gasteiger partial charge on any atom is -0.446 e. The Hall–Kier alpha value is -1.34. The molecule has 2 atom stereocenters. The number of ketones is 1. The number of morpholine rings is 1. The van der Waals surface area contributed by atoms with Gasteiger partial charge in [0.05, 0.1) is 25.3 Å². The lowest BCUT2D eigenvalue weighted by Crippen LogP contribution is -2.55. The molecule has 128 valence electrons. The summed E-state index contributed by atoms with van der Waals surface area (Å²) in [4.78, 5) is 26.4. The Balaban J connectivity index is 2.10. The van der Waals surface area contributed by atoms with E-state index in [-0.39, 0.29) is 30.0 Å². The molecule has 0 aromatic carbocycles. The van der Waals surface area contributed by atoms with Gasteiger partial charge in [0.15, 0.2) is 16.2 Å². The van der Waals surface area contributed by atoms with Crippen molar-refractivity contribution in [1.29, 1.82) is 0 Å². The topological polar surface area (TPSA) is 69.0 Å². The van der Waals surface area contributed by atoms with Crippen molar-refractivity contribution >= 4 is 27.8 Å². The molecule has 0 N–H and O–H groups in total. The number of rotatable bonds is 3. The van der Waals surface area contributed by atoms with Gasteiger partial charge in [-0.05, 0) is 55.8 Å². The Morgan fingerprint density at radius 3 is 2.61 bits per heavy atom. The van der Waals surface area contributed by atoms with Crippen LogP contribution in [0.3, 0.4) is 0 Å². The molecule has 0 radical (unpaired) electrons. The van der Waals surface area contributed by atoms with Gasteiger partial charge in [-0.2, -0.15) is 0 Å². The maximum atomic E-state index is 12.5. The molecular weight excluding hydrogens is 366 g/mol. The predicted molar refractivity (Wildman–Crippen MR) is 87.5 cm³/mol. The number of ether oxygens (including phenoxy) is 2. The number of amides is 1. The van der Waals surface area contributed by atoms with Crippen LogP contribution in [0, 0.1) is 0 Å². The second kappa shape index (κ2) is 7.05. The van der Waals surface area contributed by atoms with Gasteiger partial charge in [-0.1, -0.05) is 0 Å². The van der Waals surface area contributed by atoms with Crippen LogP contribution in [-0.2, 0) is 9.47 Å². The zero-order chi connectivity index (χ0) is 17.2. The largest absolute Gasteiger partial charge is 0.446 e. The van der Waals surface area contributed by atoms with Crippen molar-refractivity contribution in [3.8, 4) is 0 Å². The molecule has 0 saturated carbocycles. The second-order valence-electron chi connectivity index (χ2n) is 6.66. The Labute approximate surface area is 144 Å². The molecule has 2 unspecified atom stereocenters. The summed E-state index contributed by atoms with van der Waals surface area (Å²) in [5.41, 5.74) is -0.588. The summed E-state index contributed by atoms with van der Waals surface area (Å²) in [5.74, 6) is 0.0891. The van der Waals surface area contributed by atoms with Crippen molar-refractivity contribution in [1.82, 2.24) is 4.90 Å². The van der Waals surface area contributed by atoms with Gasteiger partial charge in [-0.15, -0.1) is 0 Å². The van der Waals surface area contributed by atoms with Crippen LogP contribution in [-0.4, -0.2) is 47.7 Å². The van der Waals surface area contributed by atoms with Crippen molar-refractivity contribution in [2.45, 2.75) is 51.8 Å². The van der Waals surface area contributed by atoms with E-state index >= 15 is 0 Å². The smallest absolute Gasteiger partial charge is 0.410 e. The minimum atomic E-state index is -0.588. The van der Waals surface area contributed by atoms with Gasteiger partial charge in [0, 0.05) is 6.42 Å². The number of halogens is 1. The Bertz CT molecular complexity index is 577. The van der Waals surface area contributed by atoms with Crippen molar-refractivity contribution in [3.63, 3.8) is 0 Å². The first-order chi connectivity index (χ1) is 10.7. The Kier molecular flexibility index (Phi) is 5.52. The number of hydrogen-bond acceptors (Lipinski definition) is 5. The van der Waals surface area contributed by atoms with Crippen LogP contribution in [0.2, 0.25) is 0 Å². The van der Waals surface area contributed by atoms with E-state index in [0.717, 1.165) is 0 Å². The Morgan fingerprint density at radius 2 is 2.04 bits per heavy atom. The third kappa shape index (κ3) is 4.81. The fraction of sp³-hybridized carbons (Fsp3) is 0.625. The number of furan rings is 1. The van der Waals surface area contributed by atoms with Crippen LogP contribution in [0.5, 0.6) is 0 Å². The molecule has 0 spiro atoms. The standard InChI is InChI=1S/C16H22BrNO5/c1-10-8-21-9-11(18(10)15(20)23-16(2,3)4)7-12(19)13-5-6-14(17)22-13/h5-6,10-11H,7-9H2,1-4H3. The molecule has 2 heterocycles. The van der Waals surface area contributed by atoms with E-state index in [0.29, 0.717) is 17.9 Å². The van der Waals surface area contributed by atoms with Crippen molar-refractivity contribution in [3.05, 3.63) is 22.6 Å². The summed E-state index contributed by atoms with van der Waals surface area (Å²) in [6.45, 7) is 8.06. The predicted octanol–water partition coefficient (Wildman–Crippen LogP) is 3.64. The average molecular weight is 388 g/mol. The highest BCUT2D eigenvalue weighted by Crippen LogP contribution is 2.23. The zero-order valence-corrected chi connectivity index (χ0v) is 15.4. The fourth-order valence-corrected chi connectivity index (χ4v) is 2.78. The van der Waals surface area contributed by atoms with Gasteiger partial charge < -0.3 is 13.9 Å². The van der Waals surface area contributed by atoms with Crippen molar-refractivity contribution in [2.75, 3.05) is 13.2 Å². The Morgan fingerprint density at radius 1 is 1.35 bits per heavy atom. The van der Waals surface area contributed by atoms with E-state index in [2.05, 4.69) is 15.9 Å². The van der Waals surface area contributed by atoms with E-state index in [9.17, 15) is 9.59 Å². The summed E-state index contributed by atoms with van der Waals surface area (Å²) >= 11 is 3.18. The maximum Gasteiger partial charge on any atom is 0.410 e. The monoisotopic (exact) mass is 387 g/mol. The molecule has 7 heteroatoms. The van der Waals surface area contributed by atoms with E-state index in [1.807, 2.05) is 27.7 Å². The third-order valence-corrected chi connectivity index (χ3v) is 3.84. The van der Waals surface area contributed by atoms with Gasteiger partial charge in [0.2, 0.25) is 0 Å². The molecule has 1 aliphatic heterocycles. The van der Waals surface area contributed by atoms with E-state index in [1.54, 1.807) is 17.0 Å². The lowest BCUT2D eigenvalue weighted by molar-refractivity contribution is -0.0559. The molecule has 1 aromatic heterocycles. The highest BCUT2D eigenvalue weighted by molar-refractivity contribution is 9.10. The molecule has 6 nitrogen and oxygen atoms in total. The van der Waals surface area contributed by atoms with Gasteiger partial charge in [0.1, 0.15) is 5.60 Å². The maximum absolute atomic E-state index is 12.5. The lowest BCUT2D eigenvalue weighted by atomic mass is 10.0. The van der Waals surface area contributed by atoms with E-state index in [1.165, 1.54) is 0 Å². The number of Topliss-reactive ketones (excluding diaryl/α,β-unsaturated/α-hetero) is 1. The van der Waals surface area contributed by atoms with Gasteiger partial charge in [-0.3, -0.25) is 9.69 Å². The summed E-state index contributed by atoms with van der Waals surface area (Å²) in [5, 5.41) is 0. The summed E-state index contributed by atoms with van der Waals surface area (Å²) in [6, 6.07) is 2.75. The number of carbonyl (C=O) groups excluding carboxylic acids is 2. The summed E-state index contributed by atoms with van der Waals surface area (Å²) < 4.78 is 16.7. The molecule has 1 saturated heterocycles. The van der Waals surface area contributed by atoms with Gasteiger partial charge >= 0.3 is 6.09 Å². The van der Waals surface area contributed by atoms with Gasteiger partial charge in [0.25, 0.3) is 0 Å². The highest BCUT2D eigenvalue weighted by Gasteiger charge is 2.37. The average Bonchev–Trinajstić information content (AvgIpc) is 2.83. The normalized spacial score (nSPS) is 22.0. The second-order valence-corrected chi connectivity index (χ2v) is 7.44. The molecule has 1 fully saturated rings. The zero-order valence-electron chi connectivity index (χ0n) is 13.8. The number of nitrogens with zero attached hydrogens (tertiary/aromatic N) is 1. The molecule has 23 heavy (non-hydrogen) atoms. The van der Waals surface area contributed by atoms with Crippen molar-refractivity contribution in [2.24, 2.45) is 0 Å². The quantitative estimate of drug-likeness (QED) is 0.740. The molecule has 2 rings (SSSR count). The number of carbonyl (C=O) groups is 2. The van der Waals surface area contributed by atoms with Crippen LogP contribution in [0.4, 0.5) is 4.79 Å². The van der Waals surface area contributed by atoms with Crippen LogP contribution >= 0.6 is 15.9 Å². The van der Waals surface area contributed by atoms with Crippen LogP contribution in [0.1, 0.15) is 44.7 Å². The lowest BCUT2D eigenvalue weighted by Gasteiger charge is -2.40.